The van der Waals surface area contributed by atoms with Crippen molar-refractivity contribution in [3.05, 3.63) is 48.0 Å². The first-order chi connectivity index (χ1) is 15.0. The van der Waals surface area contributed by atoms with Gasteiger partial charge >= 0.3 is 0 Å². The van der Waals surface area contributed by atoms with Crippen LogP contribution >= 0.6 is 0 Å². The molecule has 0 unspecified atom stereocenters. The van der Waals surface area contributed by atoms with Crippen molar-refractivity contribution in [2.45, 2.75) is 19.9 Å². The molecule has 0 spiro atoms. The van der Waals surface area contributed by atoms with Crippen molar-refractivity contribution >= 4 is 11.6 Å². The molecule has 1 N–H and O–H groups in total. The molecule has 1 saturated heterocycles. The van der Waals surface area contributed by atoms with Gasteiger partial charge in [-0.05, 0) is 42.0 Å². The number of nitrogens with zero attached hydrogens (tertiary/aromatic N) is 2. The van der Waals surface area contributed by atoms with Crippen LogP contribution in [0, 0.1) is 5.92 Å². The van der Waals surface area contributed by atoms with E-state index >= 15 is 0 Å². The van der Waals surface area contributed by atoms with Crippen molar-refractivity contribution in [2.75, 3.05) is 51.5 Å². The Labute approximate surface area is 183 Å². The molecule has 2 aliphatic heterocycles. The van der Waals surface area contributed by atoms with E-state index in [4.69, 9.17) is 14.2 Å². The zero-order chi connectivity index (χ0) is 21.8. The number of anilines is 1. The van der Waals surface area contributed by atoms with Crippen molar-refractivity contribution in [3.8, 4) is 17.2 Å². The molecule has 7 nitrogen and oxygen atoms in total. The van der Waals surface area contributed by atoms with Crippen molar-refractivity contribution < 1.29 is 19.0 Å². The third kappa shape index (κ3) is 4.88. The number of hydrogen-bond acceptors (Lipinski definition) is 6. The Hall–Kier alpha value is -2.93. The van der Waals surface area contributed by atoms with Crippen LogP contribution < -0.4 is 24.4 Å². The van der Waals surface area contributed by atoms with Gasteiger partial charge in [0.15, 0.2) is 11.5 Å². The van der Waals surface area contributed by atoms with Gasteiger partial charge in [0, 0.05) is 44.3 Å². The SMILES string of the molecule is COc1ccc(N2CCN([C@@H](CNC(=O)C(C)C)c3ccc4c(c3)OCO4)CC2)cc1. The molecule has 166 valence electrons. The molecule has 0 radical (unpaired) electrons. The summed E-state index contributed by atoms with van der Waals surface area (Å²) in [6, 6.07) is 14.4. The van der Waals surface area contributed by atoms with Gasteiger partial charge in [-0.15, -0.1) is 0 Å². The van der Waals surface area contributed by atoms with Gasteiger partial charge < -0.3 is 24.4 Å². The average Bonchev–Trinajstić information content (AvgIpc) is 3.27. The van der Waals surface area contributed by atoms with E-state index in [2.05, 4.69) is 33.3 Å². The Morgan fingerprint density at radius 2 is 1.74 bits per heavy atom. The van der Waals surface area contributed by atoms with Crippen molar-refractivity contribution in [2.24, 2.45) is 5.92 Å². The quantitative estimate of drug-likeness (QED) is 0.736. The molecule has 2 aromatic rings. The predicted molar refractivity (Wildman–Crippen MR) is 120 cm³/mol. The summed E-state index contributed by atoms with van der Waals surface area (Å²) in [5.41, 5.74) is 2.33. The summed E-state index contributed by atoms with van der Waals surface area (Å²) in [5, 5.41) is 3.12. The van der Waals surface area contributed by atoms with Gasteiger partial charge in [-0.3, -0.25) is 9.69 Å². The van der Waals surface area contributed by atoms with Gasteiger partial charge in [0.25, 0.3) is 0 Å². The van der Waals surface area contributed by atoms with Gasteiger partial charge in [-0.2, -0.15) is 0 Å². The highest BCUT2D eigenvalue weighted by Crippen LogP contribution is 2.36. The van der Waals surface area contributed by atoms with Crippen molar-refractivity contribution in [1.29, 1.82) is 0 Å². The number of carbonyl (C=O) groups is 1. The maximum atomic E-state index is 12.2. The van der Waals surface area contributed by atoms with Crippen molar-refractivity contribution in [3.63, 3.8) is 0 Å². The summed E-state index contributed by atoms with van der Waals surface area (Å²) < 4.78 is 16.3. The highest BCUT2D eigenvalue weighted by atomic mass is 16.7. The highest BCUT2D eigenvalue weighted by Gasteiger charge is 2.27. The predicted octanol–water partition coefficient (Wildman–Crippen LogP) is 3.06. The molecule has 2 aromatic carbocycles. The van der Waals surface area contributed by atoms with E-state index in [9.17, 15) is 4.79 Å². The fourth-order valence-corrected chi connectivity index (χ4v) is 4.06. The zero-order valence-electron chi connectivity index (χ0n) is 18.5. The largest absolute Gasteiger partial charge is 0.497 e. The number of ether oxygens (including phenoxy) is 3. The van der Waals surface area contributed by atoms with Crippen LogP contribution in [0.1, 0.15) is 25.5 Å². The number of fused-ring (bicyclic) bond motifs is 1. The van der Waals surface area contributed by atoms with Crippen LogP contribution in [-0.4, -0.2) is 57.4 Å². The van der Waals surface area contributed by atoms with Gasteiger partial charge in [-0.1, -0.05) is 19.9 Å². The second kappa shape index (κ2) is 9.47. The topological polar surface area (TPSA) is 63.3 Å². The molecule has 2 aliphatic rings. The Balaban J connectivity index is 1.47. The maximum Gasteiger partial charge on any atom is 0.231 e. The molecule has 1 atom stereocenters. The van der Waals surface area contributed by atoms with Crippen LogP contribution in [-0.2, 0) is 4.79 Å². The second-order valence-electron chi connectivity index (χ2n) is 8.25. The summed E-state index contributed by atoms with van der Waals surface area (Å²) in [6.45, 7) is 8.31. The molecule has 0 aliphatic carbocycles. The number of nitrogens with one attached hydrogen (secondary N) is 1. The second-order valence-corrected chi connectivity index (χ2v) is 8.25. The fraction of sp³-hybridized carbons (Fsp3) is 0.458. The monoisotopic (exact) mass is 425 g/mol. The number of piperazine rings is 1. The molecule has 0 aromatic heterocycles. The smallest absolute Gasteiger partial charge is 0.231 e. The maximum absolute atomic E-state index is 12.2. The highest BCUT2D eigenvalue weighted by molar-refractivity contribution is 5.77. The summed E-state index contributed by atoms with van der Waals surface area (Å²) >= 11 is 0. The standard InChI is InChI=1S/C24H31N3O4/c1-17(2)24(28)25-15-21(18-4-9-22-23(14-18)31-16-30-22)27-12-10-26(11-13-27)19-5-7-20(29-3)8-6-19/h4-9,14,17,21H,10-13,15-16H2,1-3H3,(H,25,28)/t21-/m0/s1. The molecule has 31 heavy (non-hydrogen) atoms. The third-order valence-electron chi connectivity index (χ3n) is 5.97. The molecule has 1 amide bonds. The van der Waals surface area contributed by atoms with E-state index < -0.39 is 0 Å². The minimum Gasteiger partial charge on any atom is -0.497 e. The molecular weight excluding hydrogens is 394 g/mol. The summed E-state index contributed by atoms with van der Waals surface area (Å²) in [6.07, 6.45) is 0. The van der Waals surface area contributed by atoms with E-state index in [-0.39, 0.29) is 24.7 Å². The molecule has 2 heterocycles. The van der Waals surface area contributed by atoms with Gasteiger partial charge in [0.1, 0.15) is 5.75 Å². The van der Waals surface area contributed by atoms with Gasteiger partial charge in [0.2, 0.25) is 12.7 Å². The number of carbonyl (C=O) groups excluding carboxylic acids is 1. The molecule has 1 fully saturated rings. The number of methoxy groups -OCH3 is 1. The van der Waals surface area contributed by atoms with Crippen molar-refractivity contribution in [1.82, 2.24) is 10.2 Å². The van der Waals surface area contributed by atoms with Gasteiger partial charge in [-0.25, -0.2) is 0 Å². The molecule has 4 rings (SSSR count). The number of amides is 1. The summed E-state index contributed by atoms with van der Waals surface area (Å²) in [7, 11) is 1.68. The minimum atomic E-state index is -0.0377. The molecule has 0 bridgehead atoms. The first-order valence-corrected chi connectivity index (χ1v) is 10.9. The normalized spacial score (nSPS) is 17.0. The van der Waals surface area contributed by atoms with Crippen LogP contribution in [0.2, 0.25) is 0 Å². The minimum absolute atomic E-state index is 0.0377. The lowest BCUT2D eigenvalue weighted by molar-refractivity contribution is -0.124. The Morgan fingerprint density at radius 1 is 1.03 bits per heavy atom. The first-order valence-electron chi connectivity index (χ1n) is 10.9. The summed E-state index contributed by atoms with van der Waals surface area (Å²) in [5.74, 6) is 2.45. The Morgan fingerprint density at radius 3 is 2.42 bits per heavy atom. The Bertz CT molecular complexity index is 892. The van der Waals surface area contributed by atoms with Crippen LogP contribution in [0.5, 0.6) is 17.2 Å². The first kappa shape index (κ1) is 21.3. The van der Waals surface area contributed by atoms with Crippen LogP contribution in [0.25, 0.3) is 0 Å². The van der Waals surface area contributed by atoms with E-state index in [1.165, 1.54) is 5.69 Å². The van der Waals surface area contributed by atoms with E-state index in [1.54, 1.807) is 7.11 Å². The van der Waals surface area contributed by atoms with Crippen LogP contribution in [0.3, 0.4) is 0 Å². The fourth-order valence-electron chi connectivity index (χ4n) is 4.06. The summed E-state index contributed by atoms with van der Waals surface area (Å²) in [4.78, 5) is 17.1. The van der Waals surface area contributed by atoms with E-state index in [0.717, 1.165) is 49.0 Å². The molecular formula is C24H31N3O4. The molecule has 0 saturated carbocycles. The van der Waals surface area contributed by atoms with Crippen LogP contribution in [0.15, 0.2) is 42.5 Å². The lowest BCUT2D eigenvalue weighted by Gasteiger charge is -2.40. The number of benzene rings is 2. The molecule has 7 heteroatoms. The average molecular weight is 426 g/mol. The van der Waals surface area contributed by atoms with E-state index in [0.29, 0.717) is 6.54 Å². The number of hydrogen-bond donors (Lipinski definition) is 1. The van der Waals surface area contributed by atoms with Gasteiger partial charge in [0.05, 0.1) is 13.2 Å². The number of rotatable bonds is 7. The van der Waals surface area contributed by atoms with Crippen LogP contribution in [0.4, 0.5) is 5.69 Å². The van der Waals surface area contributed by atoms with E-state index in [1.807, 2.05) is 38.1 Å². The zero-order valence-corrected chi connectivity index (χ0v) is 18.5. The Kier molecular flexibility index (Phi) is 6.51. The lowest BCUT2D eigenvalue weighted by Crippen LogP contribution is -2.50. The lowest BCUT2D eigenvalue weighted by atomic mass is 10.0. The third-order valence-corrected chi connectivity index (χ3v) is 5.97.